The molecule has 2 rings (SSSR count). The van der Waals surface area contributed by atoms with Crippen molar-refractivity contribution in [2.45, 2.75) is 70.0 Å². The van der Waals surface area contributed by atoms with E-state index >= 15 is 0 Å². The van der Waals surface area contributed by atoms with Gasteiger partial charge in [0.15, 0.2) is 0 Å². The van der Waals surface area contributed by atoms with Crippen LogP contribution in [0.3, 0.4) is 0 Å². The Bertz CT molecular complexity index is 961. The van der Waals surface area contributed by atoms with E-state index in [1.807, 2.05) is 41.5 Å². The molecule has 2 atom stereocenters. The van der Waals surface area contributed by atoms with E-state index in [2.05, 4.69) is 0 Å². The Morgan fingerprint density at radius 3 is 1.16 bits per heavy atom. The van der Waals surface area contributed by atoms with Crippen molar-refractivity contribution in [2.24, 2.45) is 10.8 Å². The summed E-state index contributed by atoms with van der Waals surface area (Å²) in [5, 5.41) is 0. The molecule has 0 spiro atoms. The molecule has 0 saturated carbocycles. The van der Waals surface area contributed by atoms with Crippen molar-refractivity contribution in [3.05, 3.63) is 60.7 Å². The molecule has 0 amide bonds. The zero-order valence-electron chi connectivity index (χ0n) is 18.9. The standard InChI is InChI=1S/C23H32O6S2/c1-22(2,3)20(28-30(24,25)18-13-9-7-10-14-18)17-21(23(4,5)6)29-31(26,27)19-15-11-8-12-16-19/h7-16,20-21H,17H2,1-6H3. The smallest absolute Gasteiger partial charge is 0.262 e. The van der Waals surface area contributed by atoms with Crippen LogP contribution < -0.4 is 0 Å². The minimum absolute atomic E-state index is 0.0504. The molecule has 0 aliphatic rings. The third kappa shape index (κ3) is 7.14. The molecule has 0 bridgehead atoms. The summed E-state index contributed by atoms with van der Waals surface area (Å²) >= 11 is 0. The lowest BCUT2D eigenvalue weighted by atomic mass is 9.79. The molecule has 0 radical (unpaired) electrons. The van der Waals surface area contributed by atoms with Gasteiger partial charge in [-0.1, -0.05) is 77.9 Å². The van der Waals surface area contributed by atoms with Crippen molar-refractivity contribution in [2.75, 3.05) is 0 Å². The summed E-state index contributed by atoms with van der Waals surface area (Å²) in [6, 6.07) is 15.8. The van der Waals surface area contributed by atoms with Crippen molar-refractivity contribution < 1.29 is 25.2 Å². The molecular formula is C23H32O6S2. The van der Waals surface area contributed by atoms with Crippen LogP contribution in [-0.2, 0) is 28.6 Å². The Morgan fingerprint density at radius 2 is 0.903 bits per heavy atom. The average molecular weight is 469 g/mol. The third-order valence-electron chi connectivity index (χ3n) is 4.91. The van der Waals surface area contributed by atoms with Gasteiger partial charge >= 0.3 is 0 Å². The minimum atomic E-state index is -4.03. The maximum Gasteiger partial charge on any atom is 0.297 e. The van der Waals surface area contributed by atoms with Crippen LogP contribution >= 0.6 is 0 Å². The maximum absolute atomic E-state index is 12.8. The SMILES string of the molecule is CC(C)(C)C(CC(OS(=O)(=O)c1ccccc1)C(C)(C)C)OS(=O)(=O)c1ccccc1. The maximum atomic E-state index is 12.8. The molecule has 8 heteroatoms. The van der Waals surface area contributed by atoms with Crippen LogP contribution in [0, 0.1) is 10.8 Å². The van der Waals surface area contributed by atoms with Crippen LogP contribution in [0.25, 0.3) is 0 Å². The molecule has 172 valence electrons. The lowest BCUT2D eigenvalue weighted by molar-refractivity contribution is 0.00676. The molecule has 0 aliphatic carbocycles. The molecule has 0 N–H and O–H groups in total. The van der Waals surface area contributed by atoms with Crippen molar-refractivity contribution in [1.29, 1.82) is 0 Å². The summed E-state index contributed by atoms with van der Waals surface area (Å²) < 4.78 is 62.6. The van der Waals surface area contributed by atoms with Gasteiger partial charge in [0.1, 0.15) is 0 Å². The molecule has 0 fully saturated rings. The highest BCUT2D eigenvalue weighted by Gasteiger charge is 2.39. The lowest BCUT2D eigenvalue weighted by Gasteiger charge is -2.37. The van der Waals surface area contributed by atoms with Gasteiger partial charge in [0.2, 0.25) is 0 Å². The largest absolute Gasteiger partial charge is 0.297 e. The van der Waals surface area contributed by atoms with Gasteiger partial charge in [-0.05, 0) is 35.1 Å². The molecule has 2 aromatic rings. The van der Waals surface area contributed by atoms with Gasteiger partial charge in [0.25, 0.3) is 20.2 Å². The third-order valence-corrected chi connectivity index (χ3v) is 7.58. The highest BCUT2D eigenvalue weighted by atomic mass is 32.2. The van der Waals surface area contributed by atoms with Crippen LogP contribution in [-0.4, -0.2) is 29.0 Å². The summed E-state index contributed by atoms with van der Waals surface area (Å²) in [5.74, 6) is 0. The van der Waals surface area contributed by atoms with E-state index in [0.29, 0.717) is 0 Å². The molecule has 2 unspecified atom stereocenters. The quantitative estimate of drug-likeness (QED) is 0.506. The molecule has 0 aromatic heterocycles. The number of hydrogen-bond acceptors (Lipinski definition) is 6. The lowest BCUT2D eigenvalue weighted by Crippen LogP contribution is -2.41. The van der Waals surface area contributed by atoms with E-state index in [1.165, 1.54) is 24.3 Å². The van der Waals surface area contributed by atoms with Gasteiger partial charge in [-0.15, -0.1) is 0 Å². The Morgan fingerprint density at radius 1 is 0.613 bits per heavy atom. The monoisotopic (exact) mass is 468 g/mol. The Balaban J connectivity index is 2.35. The van der Waals surface area contributed by atoms with Crippen LogP contribution in [0.2, 0.25) is 0 Å². The fourth-order valence-corrected chi connectivity index (χ4v) is 5.41. The van der Waals surface area contributed by atoms with E-state index < -0.39 is 43.3 Å². The first-order chi connectivity index (χ1) is 14.1. The first-order valence-electron chi connectivity index (χ1n) is 10.1. The second-order valence-corrected chi connectivity index (χ2v) is 12.8. The molecule has 2 aromatic carbocycles. The first-order valence-corrected chi connectivity index (χ1v) is 12.9. The molecule has 0 saturated heterocycles. The molecule has 0 aliphatic heterocycles. The zero-order chi connectivity index (χ0) is 23.5. The van der Waals surface area contributed by atoms with Gasteiger partial charge in [-0.2, -0.15) is 16.8 Å². The van der Waals surface area contributed by atoms with E-state index in [1.54, 1.807) is 36.4 Å². The first kappa shape index (κ1) is 25.5. The summed E-state index contributed by atoms with van der Waals surface area (Å²) in [4.78, 5) is 0.101. The topological polar surface area (TPSA) is 86.7 Å². The van der Waals surface area contributed by atoms with Crippen LogP contribution in [0.1, 0.15) is 48.0 Å². The zero-order valence-corrected chi connectivity index (χ0v) is 20.5. The van der Waals surface area contributed by atoms with Gasteiger partial charge < -0.3 is 0 Å². The predicted molar refractivity (Wildman–Crippen MR) is 121 cm³/mol. The van der Waals surface area contributed by atoms with Crippen molar-refractivity contribution in [3.8, 4) is 0 Å². The number of rotatable bonds is 8. The van der Waals surface area contributed by atoms with Gasteiger partial charge in [-0.3, -0.25) is 8.37 Å². The van der Waals surface area contributed by atoms with Crippen molar-refractivity contribution in [1.82, 2.24) is 0 Å². The highest BCUT2D eigenvalue weighted by molar-refractivity contribution is 7.87. The second kappa shape index (κ2) is 9.40. The Kier molecular flexibility index (Phi) is 7.74. The molecular weight excluding hydrogens is 436 g/mol. The Hall–Kier alpha value is -1.74. The normalized spacial score (nSPS) is 15.4. The van der Waals surface area contributed by atoms with Crippen LogP contribution in [0.15, 0.2) is 70.5 Å². The van der Waals surface area contributed by atoms with E-state index in [-0.39, 0.29) is 16.2 Å². The average Bonchev–Trinajstić information content (AvgIpc) is 2.66. The highest BCUT2D eigenvalue weighted by Crippen LogP contribution is 2.36. The second-order valence-electron chi connectivity index (χ2n) is 9.67. The number of hydrogen-bond donors (Lipinski definition) is 0. The predicted octanol–water partition coefficient (Wildman–Crippen LogP) is 5.02. The van der Waals surface area contributed by atoms with Crippen LogP contribution in [0.5, 0.6) is 0 Å². The fraction of sp³-hybridized carbons (Fsp3) is 0.478. The fourth-order valence-electron chi connectivity index (χ4n) is 2.86. The summed E-state index contributed by atoms with van der Waals surface area (Å²) in [5.41, 5.74) is -1.18. The minimum Gasteiger partial charge on any atom is -0.262 e. The van der Waals surface area contributed by atoms with Crippen molar-refractivity contribution in [3.63, 3.8) is 0 Å². The number of benzene rings is 2. The van der Waals surface area contributed by atoms with Crippen molar-refractivity contribution >= 4 is 20.2 Å². The van der Waals surface area contributed by atoms with E-state index in [9.17, 15) is 16.8 Å². The summed E-state index contributed by atoms with van der Waals surface area (Å²) in [6.45, 7) is 11.1. The van der Waals surface area contributed by atoms with Crippen LogP contribution in [0.4, 0.5) is 0 Å². The molecule has 31 heavy (non-hydrogen) atoms. The van der Waals surface area contributed by atoms with Gasteiger partial charge in [-0.25, -0.2) is 0 Å². The Labute approximate surface area is 186 Å². The van der Waals surface area contributed by atoms with E-state index in [0.717, 1.165) is 0 Å². The molecule has 0 heterocycles. The summed E-state index contributed by atoms with van der Waals surface area (Å²) in [7, 11) is -8.07. The van der Waals surface area contributed by atoms with Gasteiger partial charge in [0.05, 0.1) is 22.0 Å². The van der Waals surface area contributed by atoms with E-state index in [4.69, 9.17) is 8.37 Å². The molecule has 6 nitrogen and oxygen atoms in total. The van der Waals surface area contributed by atoms with Gasteiger partial charge in [0, 0.05) is 6.42 Å². The summed E-state index contributed by atoms with van der Waals surface area (Å²) in [6.07, 6.45) is -1.55.